The molecular formula is C19H22BrNO. The Hall–Kier alpha value is -1.61. The Labute approximate surface area is 141 Å². The van der Waals surface area contributed by atoms with E-state index in [9.17, 15) is 4.79 Å². The van der Waals surface area contributed by atoms with Crippen molar-refractivity contribution in [2.45, 2.75) is 32.6 Å². The van der Waals surface area contributed by atoms with Crippen molar-refractivity contribution in [1.29, 1.82) is 0 Å². The van der Waals surface area contributed by atoms with Gasteiger partial charge in [0.25, 0.3) is 0 Å². The number of ketones is 1. The summed E-state index contributed by atoms with van der Waals surface area (Å²) in [5, 5.41) is 3.31. The average Bonchev–Trinajstić information content (AvgIpc) is 2.55. The summed E-state index contributed by atoms with van der Waals surface area (Å²) in [6.45, 7) is 5.08. The van der Waals surface area contributed by atoms with Crippen molar-refractivity contribution < 1.29 is 4.79 Å². The van der Waals surface area contributed by atoms with Gasteiger partial charge in [-0.15, -0.1) is 0 Å². The van der Waals surface area contributed by atoms with Crippen LogP contribution in [0.3, 0.4) is 0 Å². The Bertz CT molecular complexity index is 604. The minimum Gasteiger partial charge on any atom is -0.385 e. The molecule has 0 saturated heterocycles. The van der Waals surface area contributed by atoms with E-state index in [1.165, 1.54) is 5.56 Å². The van der Waals surface area contributed by atoms with Crippen LogP contribution in [0, 0.1) is 0 Å². The van der Waals surface area contributed by atoms with E-state index in [2.05, 4.69) is 59.4 Å². The molecule has 0 heterocycles. The Morgan fingerprint density at radius 1 is 1.09 bits per heavy atom. The zero-order valence-electron chi connectivity index (χ0n) is 13.1. The molecule has 22 heavy (non-hydrogen) atoms. The molecule has 0 aromatic heterocycles. The first-order chi connectivity index (χ1) is 10.6. The highest BCUT2D eigenvalue weighted by molar-refractivity contribution is 9.10. The quantitative estimate of drug-likeness (QED) is 0.647. The van der Waals surface area contributed by atoms with Crippen molar-refractivity contribution in [2.24, 2.45) is 0 Å². The predicted octanol–water partition coefficient (Wildman–Crippen LogP) is 5.65. The smallest absolute Gasteiger partial charge is 0.164 e. The van der Waals surface area contributed by atoms with Crippen LogP contribution >= 0.6 is 15.9 Å². The normalized spacial score (nSPS) is 12.0. The molecule has 0 radical (unpaired) electrons. The predicted molar refractivity (Wildman–Crippen MR) is 96.7 cm³/mol. The fourth-order valence-electron chi connectivity index (χ4n) is 2.27. The van der Waals surface area contributed by atoms with E-state index in [4.69, 9.17) is 0 Å². The van der Waals surface area contributed by atoms with Crippen molar-refractivity contribution in [3.05, 3.63) is 64.1 Å². The molecule has 2 nitrogen and oxygen atoms in total. The van der Waals surface area contributed by atoms with Crippen LogP contribution in [0.15, 0.2) is 53.0 Å². The molecular weight excluding hydrogens is 338 g/mol. The maximum absolute atomic E-state index is 12.1. The van der Waals surface area contributed by atoms with E-state index in [-0.39, 0.29) is 5.78 Å². The van der Waals surface area contributed by atoms with Crippen molar-refractivity contribution in [1.82, 2.24) is 0 Å². The van der Waals surface area contributed by atoms with E-state index >= 15 is 0 Å². The van der Waals surface area contributed by atoms with Crippen LogP contribution in [0.25, 0.3) is 0 Å². The molecule has 0 saturated carbocycles. The highest BCUT2D eigenvalue weighted by atomic mass is 79.9. The SMILES string of the molecule is CC[C@@H](C)c1ccc(NCCC(=O)c2ccc(Br)cc2)cc1. The molecule has 0 aliphatic carbocycles. The maximum atomic E-state index is 12.1. The van der Waals surface area contributed by atoms with Crippen LogP contribution in [0.2, 0.25) is 0 Å². The van der Waals surface area contributed by atoms with Crippen LogP contribution in [0.5, 0.6) is 0 Å². The third-order valence-corrected chi connectivity index (χ3v) is 4.47. The summed E-state index contributed by atoms with van der Waals surface area (Å²) in [7, 11) is 0. The molecule has 2 aromatic carbocycles. The summed E-state index contributed by atoms with van der Waals surface area (Å²) in [6.07, 6.45) is 1.64. The summed E-state index contributed by atoms with van der Waals surface area (Å²) in [5.41, 5.74) is 3.19. The highest BCUT2D eigenvalue weighted by Gasteiger charge is 2.06. The molecule has 116 valence electrons. The van der Waals surface area contributed by atoms with Crippen molar-refractivity contribution >= 4 is 27.4 Å². The first-order valence-corrected chi connectivity index (χ1v) is 8.52. The Morgan fingerprint density at radius 2 is 1.73 bits per heavy atom. The molecule has 2 aromatic rings. The van der Waals surface area contributed by atoms with Crippen molar-refractivity contribution in [3.8, 4) is 0 Å². The zero-order valence-corrected chi connectivity index (χ0v) is 14.7. The van der Waals surface area contributed by atoms with Gasteiger partial charge in [0, 0.05) is 28.7 Å². The summed E-state index contributed by atoms with van der Waals surface area (Å²) >= 11 is 3.38. The lowest BCUT2D eigenvalue weighted by molar-refractivity contribution is 0.0986. The number of benzene rings is 2. The Morgan fingerprint density at radius 3 is 2.32 bits per heavy atom. The van der Waals surface area contributed by atoms with Crippen LogP contribution in [0.4, 0.5) is 5.69 Å². The van der Waals surface area contributed by atoms with Gasteiger partial charge in [-0.2, -0.15) is 0 Å². The number of Topliss-reactive ketones (excluding diaryl/α,β-unsaturated/α-hetero) is 1. The molecule has 1 N–H and O–H groups in total. The van der Waals surface area contributed by atoms with Gasteiger partial charge in [0.1, 0.15) is 0 Å². The monoisotopic (exact) mass is 359 g/mol. The Kier molecular flexibility index (Phi) is 6.20. The van der Waals surface area contributed by atoms with Gasteiger partial charge in [-0.3, -0.25) is 4.79 Å². The minimum absolute atomic E-state index is 0.163. The fourth-order valence-corrected chi connectivity index (χ4v) is 2.53. The maximum Gasteiger partial charge on any atom is 0.164 e. The number of carbonyl (C=O) groups is 1. The number of hydrogen-bond acceptors (Lipinski definition) is 2. The van der Waals surface area contributed by atoms with E-state index in [0.717, 1.165) is 22.1 Å². The summed E-state index contributed by atoms with van der Waals surface area (Å²) in [6, 6.07) is 16.0. The van der Waals surface area contributed by atoms with Crippen molar-refractivity contribution in [2.75, 3.05) is 11.9 Å². The van der Waals surface area contributed by atoms with Gasteiger partial charge in [-0.1, -0.05) is 54.0 Å². The molecule has 0 spiro atoms. The van der Waals surface area contributed by atoms with E-state index in [1.54, 1.807) is 0 Å². The lowest BCUT2D eigenvalue weighted by atomic mass is 9.98. The second-order valence-electron chi connectivity index (χ2n) is 5.54. The van der Waals surface area contributed by atoms with Crippen LogP contribution in [-0.2, 0) is 0 Å². The molecule has 1 atom stereocenters. The lowest BCUT2D eigenvalue weighted by Crippen LogP contribution is -2.08. The lowest BCUT2D eigenvalue weighted by Gasteiger charge is -2.11. The summed E-state index contributed by atoms with van der Waals surface area (Å²) in [5.74, 6) is 0.754. The number of nitrogens with one attached hydrogen (secondary N) is 1. The van der Waals surface area contributed by atoms with Crippen LogP contribution in [-0.4, -0.2) is 12.3 Å². The molecule has 0 bridgehead atoms. The standard InChI is InChI=1S/C19H22BrNO/c1-3-14(2)15-6-10-18(11-7-15)21-13-12-19(22)16-4-8-17(20)9-5-16/h4-11,14,21H,3,12-13H2,1-2H3/t14-/m1/s1. The second-order valence-corrected chi connectivity index (χ2v) is 6.45. The van der Waals surface area contributed by atoms with Gasteiger partial charge in [0.15, 0.2) is 5.78 Å². The summed E-state index contributed by atoms with van der Waals surface area (Å²) in [4.78, 5) is 12.1. The molecule has 0 amide bonds. The van der Waals surface area contributed by atoms with E-state index < -0.39 is 0 Å². The van der Waals surface area contributed by atoms with Gasteiger partial charge in [0.05, 0.1) is 0 Å². The topological polar surface area (TPSA) is 29.1 Å². The van der Waals surface area contributed by atoms with E-state index in [1.807, 2.05) is 24.3 Å². The van der Waals surface area contributed by atoms with Gasteiger partial charge in [0.2, 0.25) is 0 Å². The van der Waals surface area contributed by atoms with Crippen LogP contribution < -0.4 is 5.32 Å². The van der Waals surface area contributed by atoms with Gasteiger partial charge >= 0.3 is 0 Å². The second kappa shape index (κ2) is 8.14. The number of carbonyl (C=O) groups excluding carboxylic acids is 1. The Balaban J connectivity index is 1.83. The first kappa shape index (κ1) is 16.8. The zero-order chi connectivity index (χ0) is 15.9. The molecule has 0 aliphatic heterocycles. The average molecular weight is 360 g/mol. The number of hydrogen-bond donors (Lipinski definition) is 1. The van der Waals surface area contributed by atoms with Gasteiger partial charge < -0.3 is 5.32 Å². The van der Waals surface area contributed by atoms with Crippen LogP contribution in [0.1, 0.15) is 48.5 Å². The summed E-state index contributed by atoms with van der Waals surface area (Å²) < 4.78 is 0.989. The molecule has 0 aliphatic rings. The molecule has 2 rings (SSSR count). The number of rotatable bonds is 7. The molecule has 0 fully saturated rings. The first-order valence-electron chi connectivity index (χ1n) is 7.72. The third kappa shape index (κ3) is 4.70. The largest absolute Gasteiger partial charge is 0.385 e. The fraction of sp³-hybridized carbons (Fsp3) is 0.316. The highest BCUT2D eigenvalue weighted by Crippen LogP contribution is 2.20. The molecule has 3 heteroatoms. The van der Waals surface area contributed by atoms with E-state index in [0.29, 0.717) is 18.9 Å². The van der Waals surface area contributed by atoms with Gasteiger partial charge in [-0.05, 0) is 42.2 Å². The number of anilines is 1. The number of halogens is 1. The third-order valence-electron chi connectivity index (χ3n) is 3.94. The molecule has 0 unspecified atom stereocenters. The minimum atomic E-state index is 0.163. The van der Waals surface area contributed by atoms with Gasteiger partial charge in [-0.25, -0.2) is 0 Å². The van der Waals surface area contributed by atoms with Crippen molar-refractivity contribution in [3.63, 3.8) is 0 Å².